The van der Waals surface area contributed by atoms with E-state index in [1.807, 2.05) is 45.9 Å². The van der Waals surface area contributed by atoms with E-state index in [0.717, 1.165) is 62.4 Å². The van der Waals surface area contributed by atoms with Crippen LogP contribution in [0.2, 0.25) is 0 Å². The Kier molecular flexibility index (Phi) is 8.89. The van der Waals surface area contributed by atoms with Crippen LogP contribution in [0.1, 0.15) is 78.3 Å². The van der Waals surface area contributed by atoms with Crippen molar-refractivity contribution >= 4 is 29.3 Å². The van der Waals surface area contributed by atoms with Gasteiger partial charge in [-0.25, -0.2) is 14.8 Å². The molecule has 10 nitrogen and oxygen atoms in total. The predicted molar refractivity (Wildman–Crippen MR) is 157 cm³/mol. The van der Waals surface area contributed by atoms with E-state index in [2.05, 4.69) is 5.32 Å². The summed E-state index contributed by atoms with van der Waals surface area (Å²) in [5.74, 6) is 0.794. The van der Waals surface area contributed by atoms with Gasteiger partial charge in [0.25, 0.3) is 0 Å². The Balaban J connectivity index is 1.50. The average Bonchev–Trinajstić information content (AvgIpc) is 3.52. The fourth-order valence-electron chi connectivity index (χ4n) is 6.61. The lowest BCUT2D eigenvalue weighted by molar-refractivity contribution is -0.139. The van der Waals surface area contributed by atoms with Gasteiger partial charge in [0.05, 0.1) is 30.7 Å². The molecule has 3 aliphatic rings. The zero-order chi connectivity index (χ0) is 30.0. The molecule has 2 fully saturated rings. The van der Waals surface area contributed by atoms with Gasteiger partial charge in [-0.2, -0.15) is 0 Å². The summed E-state index contributed by atoms with van der Waals surface area (Å²) in [6, 6.07) is 4.02. The van der Waals surface area contributed by atoms with Crippen molar-refractivity contribution in [3.05, 3.63) is 23.9 Å². The molecule has 1 saturated carbocycles. The minimum absolute atomic E-state index is 0.151. The first-order chi connectivity index (χ1) is 20.1. The Morgan fingerprint density at radius 2 is 1.79 bits per heavy atom. The van der Waals surface area contributed by atoms with E-state index in [0.29, 0.717) is 29.5 Å². The van der Waals surface area contributed by atoms with Crippen LogP contribution in [0.4, 0.5) is 4.79 Å². The lowest BCUT2D eigenvalue weighted by Crippen LogP contribution is -2.56. The van der Waals surface area contributed by atoms with E-state index in [-0.39, 0.29) is 24.5 Å². The SMILES string of the molecule is COc1ccc2nc3c(nc2c1)O[C@H]1CN(C(=O)[C@H](C(C)(C)C)NC(=O)O[C@@H]2CCC[C@H]2CCCCC3)[C@H](C=O)[C@@H]1C. The van der Waals surface area contributed by atoms with Gasteiger partial charge in [0, 0.05) is 12.0 Å². The van der Waals surface area contributed by atoms with Crippen molar-refractivity contribution in [2.75, 3.05) is 13.7 Å². The minimum atomic E-state index is -0.874. The number of aldehydes is 1. The lowest BCUT2D eigenvalue weighted by Gasteiger charge is -2.35. The van der Waals surface area contributed by atoms with Crippen molar-refractivity contribution in [1.29, 1.82) is 0 Å². The summed E-state index contributed by atoms with van der Waals surface area (Å²) in [5.41, 5.74) is 1.58. The summed E-state index contributed by atoms with van der Waals surface area (Å²) in [6.07, 6.45) is 7.13. The second kappa shape index (κ2) is 12.4. The van der Waals surface area contributed by atoms with Crippen molar-refractivity contribution < 1.29 is 28.6 Å². The van der Waals surface area contributed by atoms with Crippen LogP contribution in [0.5, 0.6) is 11.6 Å². The third-order valence-electron chi connectivity index (χ3n) is 9.17. The van der Waals surface area contributed by atoms with Crippen LogP contribution < -0.4 is 14.8 Å². The van der Waals surface area contributed by atoms with Gasteiger partial charge in [0.15, 0.2) is 0 Å². The van der Waals surface area contributed by atoms with E-state index >= 15 is 0 Å². The predicted octanol–water partition coefficient (Wildman–Crippen LogP) is 4.86. The van der Waals surface area contributed by atoms with Crippen LogP contribution in [0.3, 0.4) is 0 Å². The molecule has 1 aromatic carbocycles. The van der Waals surface area contributed by atoms with Gasteiger partial charge in [-0.1, -0.05) is 40.5 Å². The minimum Gasteiger partial charge on any atom is -0.497 e. The van der Waals surface area contributed by atoms with Crippen LogP contribution in [-0.4, -0.2) is 71.1 Å². The molecule has 2 bridgehead atoms. The molecule has 0 spiro atoms. The maximum atomic E-state index is 14.0. The van der Waals surface area contributed by atoms with E-state index in [1.165, 1.54) is 4.90 Å². The Morgan fingerprint density at radius 1 is 1.00 bits per heavy atom. The van der Waals surface area contributed by atoms with Gasteiger partial charge in [0.2, 0.25) is 11.8 Å². The summed E-state index contributed by atoms with van der Waals surface area (Å²) < 4.78 is 17.8. The lowest BCUT2D eigenvalue weighted by atomic mass is 9.85. The van der Waals surface area contributed by atoms with Gasteiger partial charge >= 0.3 is 6.09 Å². The number of amides is 2. The van der Waals surface area contributed by atoms with Gasteiger partial charge in [-0.15, -0.1) is 0 Å². The molecule has 6 atom stereocenters. The normalized spacial score (nSPS) is 29.4. The van der Waals surface area contributed by atoms with Crippen LogP contribution in [-0.2, 0) is 20.7 Å². The first-order valence-corrected chi connectivity index (χ1v) is 15.3. The number of rotatable bonds is 2. The van der Waals surface area contributed by atoms with Crippen LogP contribution in [0.25, 0.3) is 11.0 Å². The molecule has 1 aliphatic carbocycles. The third-order valence-corrected chi connectivity index (χ3v) is 9.17. The van der Waals surface area contributed by atoms with Crippen LogP contribution >= 0.6 is 0 Å². The molecule has 1 N–H and O–H groups in total. The maximum Gasteiger partial charge on any atom is 0.408 e. The summed E-state index contributed by atoms with van der Waals surface area (Å²) in [6.45, 7) is 7.79. The Bertz CT molecular complexity index is 1310. The zero-order valence-electron chi connectivity index (χ0n) is 25.4. The van der Waals surface area contributed by atoms with Crippen molar-refractivity contribution in [2.24, 2.45) is 17.3 Å². The molecule has 0 unspecified atom stereocenters. The molecule has 0 radical (unpaired) electrons. The third kappa shape index (κ3) is 6.32. The fraction of sp³-hybridized carbons (Fsp3) is 0.656. The number of hydrogen-bond acceptors (Lipinski definition) is 8. The molecule has 5 rings (SSSR count). The zero-order valence-corrected chi connectivity index (χ0v) is 25.4. The number of ether oxygens (including phenoxy) is 3. The molecule has 2 amide bonds. The molecular weight excluding hydrogens is 536 g/mol. The van der Waals surface area contributed by atoms with Gasteiger partial charge in [0.1, 0.15) is 36.0 Å². The monoisotopic (exact) mass is 580 g/mol. The molecule has 228 valence electrons. The van der Waals surface area contributed by atoms with Gasteiger partial charge in [-0.05, 0) is 62.0 Å². The number of nitrogens with one attached hydrogen (secondary N) is 1. The number of aryl methyl sites for hydroxylation is 1. The average molecular weight is 581 g/mol. The quantitative estimate of drug-likeness (QED) is 0.501. The van der Waals surface area contributed by atoms with Crippen molar-refractivity contribution in [1.82, 2.24) is 20.2 Å². The van der Waals surface area contributed by atoms with E-state index < -0.39 is 29.7 Å². The second-order valence-electron chi connectivity index (χ2n) is 13.1. The van der Waals surface area contributed by atoms with Crippen LogP contribution in [0.15, 0.2) is 18.2 Å². The summed E-state index contributed by atoms with van der Waals surface area (Å²) in [4.78, 5) is 50.8. The molecule has 2 aromatic rings. The van der Waals surface area contributed by atoms with E-state index in [4.69, 9.17) is 24.2 Å². The number of nitrogens with zero attached hydrogens (tertiary/aromatic N) is 3. The highest BCUT2D eigenvalue weighted by Crippen LogP contribution is 2.35. The Morgan fingerprint density at radius 3 is 2.52 bits per heavy atom. The summed E-state index contributed by atoms with van der Waals surface area (Å²) in [5, 5.41) is 2.87. The van der Waals surface area contributed by atoms with Crippen molar-refractivity contribution in [2.45, 2.75) is 103 Å². The van der Waals surface area contributed by atoms with Gasteiger partial charge in [-0.3, -0.25) is 4.79 Å². The molecule has 10 heteroatoms. The highest BCUT2D eigenvalue weighted by Gasteiger charge is 2.47. The number of carbonyl (C=O) groups is 3. The molecule has 42 heavy (non-hydrogen) atoms. The van der Waals surface area contributed by atoms with Gasteiger partial charge < -0.3 is 29.2 Å². The second-order valence-corrected chi connectivity index (χ2v) is 13.1. The molecule has 1 saturated heterocycles. The number of aromatic nitrogens is 2. The first kappa shape index (κ1) is 30.0. The largest absolute Gasteiger partial charge is 0.497 e. The molecular formula is C32H44N4O6. The van der Waals surface area contributed by atoms with Crippen molar-refractivity contribution in [3.63, 3.8) is 0 Å². The molecule has 1 aromatic heterocycles. The number of hydrogen-bond donors (Lipinski definition) is 1. The topological polar surface area (TPSA) is 120 Å². The first-order valence-electron chi connectivity index (χ1n) is 15.3. The standard InChI is InChI=1S/C32H44N4O6/c1-19-25(18-37)36-17-27(19)41-29-23(33-22-15-14-21(40-5)16-24(22)34-29)12-8-6-7-10-20-11-9-13-26(20)42-31(39)35-28(30(36)38)32(2,3)4/h14-16,18-20,25-28H,6-13,17H2,1-5H3,(H,35,39)/t19-,20+,25+,26+,27-,28+/m0/s1. The number of methoxy groups -OCH3 is 1. The Hall–Kier alpha value is -3.43. The highest BCUT2D eigenvalue weighted by molar-refractivity contribution is 5.89. The fourth-order valence-corrected chi connectivity index (χ4v) is 6.61. The van der Waals surface area contributed by atoms with Crippen molar-refractivity contribution in [3.8, 4) is 11.6 Å². The Labute approximate surface area is 247 Å². The molecule has 2 aliphatic heterocycles. The summed E-state index contributed by atoms with van der Waals surface area (Å²) in [7, 11) is 1.61. The number of fused-ring (bicyclic) bond motifs is 5. The van der Waals surface area contributed by atoms with E-state index in [9.17, 15) is 14.4 Å². The number of benzene rings is 1. The van der Waals surface area contributed by atoms with Crippen LogP contribution in [0, 0.1) is 17.3 Å². The maximum absolute atomic E-state index is 14.0. The number of alkyl carbamates (subject to hydrolysis) is 1. The number of carbonyl (C=O) groups excluding carboxylic acids is 3. The van der Waals surface area contributed by atoms with E-state index in [1.54, 1.807) is 7.11 Å². The molecule has 3 heterocycles. The highest BCUT2D eigenvalue weighted by atomic mass is 16.6. The smallest absolute Gasteiger partial charge is 0.408 e. The summed E-state index contributed by atoms with van der Waals surface area (Å²) >= 11 is 0.